The van der Waals surface area contributed by atoms with Gasteiger partial charge in [-0.05, 0) is 37.9 Å². The van der Waals surface area contributed by atoms with Crippen LogP contribution in [0.1, 0.15) is 37.0 Å². The molecule has 5 nitrogen and oxygen atoms in total. The predicted molar refractivity (Wildman–Crippen MR) is 101 cm³/mol. The topological polar surface area (TPSA) is 56.4 Å². The molecule has 0 bridgehead atoms. The number of hydrogen-bond acceptors (Lipinski definition) is 3. The van der Waals surface area contributed by atoms with Gasteiger partial charge in [-0.2, -0.15) is 0 Å². The van der Waals surface area contributed by atoms with Crippen LogP contribution in [0.25, 0.3) is 10.9 Å². The van der Waals surface area contributed by atoms with E-state index in [-0.39, 0.29) is 11.5 Å². The highest BCUT2D eigenvalue weighted by atomic mass is 16.2. The van der Waals surface area contributed by atoms with Gasteiger partial charge in [-0.3, -0.25) is 9.59 Å². The van der Waals surface area contributed by atoms with E-state index in [1.807, 2.05) is 29.2 Å². The number of fused-ring (bicyclic) bond motifs is 1. The summed E-state index contributed by atoms with van der Waals surface area (Å²) in [5.41, 5.74) is 1.01. The van der Waals surface area contributed by atoms with Gasteiger partial charge in [-0.15, -0.1) is 0 Å². The number of piperidine rings is 1. The van der Waals surface area contributed by atoms with E-state index < -0.39 is 0 Å². The Bertz CT molecular complexity index is 787. The van der Waals surface area contributed by atoms with Gasteiger partial charge < -0.3 is 14.8 Å². The smallest absolute Gasteiger partial charge is 0.254 e. The van der Waals surface area contributed by atoms with Gasteiger partial charge in [-0.1, -0.05) is 32.0 Å². The molecule has 0 aliphatic carbocycles. The van der Waals surface area contributed by atoms with Crippen LogP contribution in [0.3, 0.4) is 0 Å². The third-order valence-corrected chi connectivity index (χ3v) is 5.29. The molecular weight excluding hydrogens is 314 g/mol. The molecule has 1 saturated heterocycles. The number of benzene rings is 1. The Morgan fingerprint density at radius 1 is 1.20 bits per heavy atom. The van der Waals surface area contributed by atoms with Gasteiger partial charge in [0.2, 0.25) is 5.56 Å². The van der Waals surface area contributed by atoms with Crippen LogP contribution in [0.15, 0.2) is 35.1 Å². The highest BCUT2D eigenvalue weighted by molar-refractivity contribution is 6.05. The van der Waals surface area contributed by atoms with Crippen LogP contribution >= 0.6 is 0 Å². The van der Waals surface area contributed by atoms with E-state index in [1.165, 1.54) is 6.07 Å². The number of carbonyl (C=O) groups is 1. The largest absolute Gasteiger partial charge is 0.339 e. The number of aromatic amines is 1. The maximum absolute atomic E-state index is 13.0. The number of rotatable bonds is 5. The van der Waals surface area contributed by atoms with Crippen molar-refractivity contribution in [2.45, 2.75) is 26.7 Å². The molecule has 0 atom stereocenters. The highest BCUT2D eigenvalue weighted by Crippen LogP contribution is 2.22. The second-order valence-electron chi connectivity index (χ2n) is 6.81. The molecule has 2 heterocycles. The molecule has 1 aliphatic rings. The van der Waals surface area contributed by atoms with E-state index in [0.717, 1.165) is 56.5 Å². The van der Waals surface area contributed by atoms with E-state index in [2.05, 4.69) is 23.7 Å². The zero-order valence-electron chi connectivity index (χ0n) is 15.1. The summed E-state index contributed by atoms with van der Waals surface area (Å²) in [6, 6.07) is 8.93. The number of pyridine rings is 1. The third kappa shape index (κ3) is 3.93. The van der Waals surface area contributed by atoms with Crippen LogP contribution in [0.4, 0.5) is 0 Å². The molecule has 1 aromatic carbocycles. The summed E-state index contributed by atoms with van der Waals surface area (Å²) >= 11 is 0. The first kappa shape index (κ1) is 17.7. The lowest BCUT2D eigenvalue weighted by Crippen LogP contribution is -2.41. The molecule has 3 rings (SSSR count). The van der Waals surface area contributed by atoms with Gasteiger partial charge in [0.25, 0.3) is 5.91 Å². The van der Waals surface area contributed by atoms with Crippen molar-refractivity contribution in [1.29, 1.82) is 0 Å². The Morgan fingerprint density at radius 3 is 2.56 bits per heavy atom. The number of nitrogens with zero attached hydrogens (tertiary/aromatic N) is 2. The van der Waals surface area contributed by atoms with E-state index in [1.54, 1.807) is 0 Å². The third-order valence-electron chi connectivity index (χ3n) is 5.29. The first-order chi connectivity index (χ1) is 12.1. The lowest BCUT2D eigenvalue weighted by molar-refractivity contribution is 0.0671. The number of aromatic nitrogens is 1. The molecule has 1 aromatic heterocycles. The van der Waals surface area contributed by atoms with Gasteiger partial charge in [0.05, 0.1) is 5.56 Å². The van der Waals surface area contributed by atoms with E-state index in [4.69, 9.17) is 0 Å². The van der Waals surface area contributed by atoms with E-state index >= 15 is 0 Å². The summed E-state index contributed by atoms with van der Waals surface area (Å²) in [6.45, 7) is 9.20. The van der Waals surface area contributed by atoms with Crippen molar-refractivity contribution in [3.8, 4) is 0 Å². The summed E-state index contributed by atoms with van der Waals surface area (Å²) in [5.74, 6) is 0.628. The second kappa shape index (κ2) is 7.83. The lowest BCUT2D eigenvalue weighted by atomic mass is 9.95. The average Bonchev–Trinajstić information content (AvgIpc) is 2.65. The molecule has 5 heteroatoms. The van der Waals surface area contributed by atoms with Gasteiger partial charge in [-0.25, -0.2) is 0 Å². The van der Waals surface area contributed by atoms with Crippen molar-refractivity contribution < 1.29 is 4.79 Å². The van der Waals surface area contributed by atoms with Crippen LogP contribution in [0, 0.1) is 5.92 Å². The molecule has 1 N–H and O–H groups in total. The van der Waals surface area contributed by atoms with Gasteiger partial charge in [0.1, 0.15) is 0 Å². The molecule has 0 unspecified atom stereocenters. The zero-order chi connectivity index (χ0) is 17.8. The van der Waals surface area contributed by atoms with Crippen molar-refractivity contribution in [2.24, 2.45) is 5.92 Å². The Kier molecular flexibility index (Phi) is 5.53. The first-order valence-electron chi connectivity index (χ1n) is 9.26. The molecule has 2 aromatic rings. The molecule has 0 spiro atoms. The molecule has 0 radical (unpaired) electrons. The predicted octanol–water partition coefficient (Wildman–Crippen LogP) is 2.72. The average molecular weight is 341 g/mol. The molecule has 25 heavy (non-hydrogen) atoms. The fraction of sp³-hybridized carbons (Fsp3) is 0.500. The number of carbonyl (C=O) groups excluding carboxylic acids is 1. The van der Waals surface area contributed by atoms with E-state index in [9.17, 15) is 9.59 Å². The Hall–Kier alpha value is -2.14. The summed E-state index contributed by atoms with van der Waals surface area (Å²) < 4.78 is 0. The van der Waals surface area contributed by atoms with Crippen molar-refractivity contribution in [3.05, 3.63) is 46.2 Å². The molecule has 0 saturated carbocycles. The zero-order valence-corrected chi connectivity index (χ0v) is 15.1. The van der Waals surface area contributed by atoms with Crippen molar-refractivity contribution in [1.82, 2.24) is 14.8 Å². The van der Waals surface area contributed by atoms with Crippen LogP contribution < -0.4 is 5.56 Å². The molecule has 1 fully saturated rings. The van der Waals surface area contributed by atoms with Gasteiger partial charge in [0, 0.05) is 36.6 Å². The summed E-state index contributed by atoms with van der Waals surface area (Å²) in [5, 5.41) is 0.817. The molecule has 1 aliphatic heterocycles. The van der Waals surface area contributed by atoms with Crippen LogP contribution in [0.2, 0.25) is 0 Å². The maximum atomic E-state index is 13.0. The first-order valence-corrected chi connectivity index (χ1v) is 9.26. The minimum atomic E-state index is -0.224. The second-order valence-corrected chi connectivity index (χ2v) is 6.81. The van der Waals surface area contributed by atoms with Crippen molar-refractivity contribution in [3.63, 3.8) is 0 Å². The Labute approximate surface area is 148 Å². The van der Waals surface area contributed by atoms with Crippen molar-refractivity contribution >= 4 is 16.8 Å². The minimum Gasteiger partial charge on any atom is -0.339 e. The molecule has 1 amide bonds. The van der Waals surface area contributed by atoms with Crippen molar-refractivity contribution in [2.75, 3.05) is 32.7 Å². The number of hydrogen-bond donors (Lipinski definition) is 1. The van der Waals surface area contributed by atoms with E-state index in [0.29, 0.717) is 11.5 Å². The fourth-order valence-electron chi connectivity index (χ4n) is 3.72. The summed E-state index contributed by atoms with van der Waals surface area (Å²) in [7, 11) is 0. The van der Waals surface area contributed by atoms with Crippen LogP contribution in [0.5, 0.6) is 0 Å². The Balaban J connectivity index is 1.72. The quantitative estimate of drug-likeness (QED) is 0.910. The SMILES string of the molecule is CCN(CC)CC1CCN(C(=O)c2cc(=O)[nH]c3ccccc23)CC1. The number of amides is 1. The standard InChI is InChI=1S/C20H27N3O2/c1-3-22(4-2)14-15-9-11-23(12-10-15)20(25)17-13-19(24)21-18-8-6-5-7-16(17)18/h5-8,13,15H,3-4,9-12,14H2,1-2H3,(H,21,24). The van der Waals surface area contributed by atoms with Crippen LogP contribution in [-0.4, -0.2) is 53.4 Å². The molecule has 134 valence electrons. The summed E-state index contributed by atoms with van der Waals surface area (Å²) in [6.07, 6.45) is 2.06. The minimum absolute atomic E-state index is 0.0245. The normalized spacial score (nSPS) is 15.9. The lowest BCUT2D eigenvalue weighted by Gasteiger charge is -2.34. The number of H-pyrrole nitrogens is 1. The Morgan fingerprint density at radius 2 is 1.88 bits per heavy atom. The fourth-order valence-corrected chi connectivity index (χ4v) is 3.72. The van der Waals surface area contributed by atoms with Crippen LogP contribution in [-0.2, 0) is 0 Å². The van der Waals surface area contributed by atoms with Gasteiger partial charge >= 0.3 is 0 Å². The number of nitrogens with one attached hydrogen (secondary N) is 1. The maximum Gasteiger partial charge on any atom is 0.254 e. The number of para-hydroxylation sites is 1. The summed E-state index contributed by atoms with van der Waals surface area (Å²) in [4.78, 5) is 32.0. The monoisotopic (exact) mass is 341 g/mol. The molecular formula is C20H27N3O2. The highest BCUT2D eigenvalue weighted by Gasteiger charge is 2.25. The number of likely N-dealkylation sites (tertiary alicyclic amines) is 1. The van der Waals surface area contributed by atoms with Gasteiger partial charge in [0.15, 0.2) is 0 Å².